The molecule has 1 heterocycles. The van der Waals surface area contributed by atoms with E-state index in [9.17, 15) is 8.42 Å². The lowest BCUT2D eigenvalue weighted by molar-refractivity contribution is 0.294. The molecular weight excluding hydrogens is 478 g/mol. The van der Waals surface area contributed by atoms with E-state index in [1.807, 2.05) is 12.1 Å². The van der Waals surface area contributed by atoms with E-state index in [-0.39, 0.29) is 23.2 Å². The standard InChI is InChI=1S/C24H22ClN3O5S/c1-15-17(25)7-6-10-22(15)34(29,30)28-23-24(27-19-9-5-4-8-18(19)26-23)33-14-16-11-12-20(31-2)21(13-16)32-3/h4-13H,14H2,1-3H3,(H,26,28). The number of para-hydroxylation sites is 2. The molecule has 1 N–H and O–H groups in total. The van der Waals surface area contributed by atoms with E-state index in [1.54, 1.807) is 63.6 Å². The van der Waals surface area contributed by atoms with E-state index in [2.05, 4.69) is 14.7 Å². The molecule has 10 heteroatoms. The van der Waals surface area contributed by atoms with Crippen molar-refractivity contribution in [1.29, 1.82) is 0 Å². The number of hydrogen-bond donors (Lipinski definition) is 1. The molecule has 0 saturated heterocycles. The summed E-state index contributed by atoms with van der Waals surface area (Å²) in [5.41, 5.74) is 2.28. The van der Waals surface area contributed by atoms with Crippen LogP contribution in [0.4, 0.5) is 5.82 Å². The predicted molar refractivity (Wildman–Crippen MR) is 130 cm³/mol. The number of halogens is 1. The van der Waals surface area contributed by atoms with E-state index >= 15 is 0 Å². The van der Waals surface area contributed by atoms with Gasteiger partial charge in [0.1, 0.15) is 6.61 Å². The molecule has 4 aromatic rings. The zero-order valence-electron chi connectivity index (χ0n) is 18.7. The van der Waals surface area contributed by atoms with Crippen molar-refractivity contribution in [1.82, 2.24) is 9.97 Å². The number of benzene rings is 3. The van der Waals surface area contributed by atoms with Gasteiger partial charge in [-0.3, -0.25) is 4.72 Å². The second-order valence-corrected chi connectivity index (χ2v) is 9.37. The fourth-order valence-electron chi connectivity index (χ4n) is 3.33. The summed E-state index contributed by atoms with van der Waals surface area (Å²) in [6, 6.07) is 17.1. The lowest BCUT2D eigenvalue weighted by Crippen LogP contribution is -2.17. The number of nitrogens with zero attached hydrogens (tertiary/aromatic N) is 2. The maximum absolute atomic E-state index is 13.2. The summed E-state index contributed by atoms with van der Waals surface area (Å²) in [6.07, 6.45) is 0. The molecule has 0 aliphatic heterocycles. The Morgan fingerprint density at radius 1 is 0.912 bits per heavy atom. The van der Waals surface area contributed by atoms with Crippen LogP contribution in [0.25, 0.3) is 11.0 Å². The lowest BCUT2D eigenvalue weighted by atomic mass is 10.2. The van der Waals surface area contributed by atoms with Gasteiger partial charge >= 0.3 is 0 Å². The molecule has 0 radical (unpaired) electrons. The number of aromatic nitrogens is 2. The molecule has 0 bridgehead atoms. The van der Waals surface area contributed by atoms with E-state index in [0.717, 1.165) is 5.56 Å². The molecule has 0 atom stereocenters. The summed E-state index contributed by atoms with van der Waals surface area (Å²) >= 11 is 6.13. The topological polar surface area (TPSA) is 99.6 Å². The molecule has 0 amide bonds. The average molecular weight is 500 g/mol. The van der Waals surface area contributed by atoms with Gasteiger partial charge in [0.05, 0.1) is 30.1 Å². The number of fused-ring (bicyclic) bond motifs is 1. The molecule has 0 saturated carbocycles. The smallest absolute Gasteiger partial charge is 0.263 e. The van der Waals surface area contributed by atoms with Crippen LogP contribution in [-0.2, 0) is 16.6 Å². The fourth-order valence-corrected chi connectivity index (χ4v) is 4.83. The van der Waals surface area contributed by atoms with E-state index < -0.39 is 10.0 Å². The molecule has 4 rings (SSSR count). The number of anilines is 1. The Bertz CT molecular complexity index is 1460. The van der Waals surface area contributed by atoms with Gasteiger partial charge in [0.25, 0.3) is 15.9 Å². The van der Waals surface area contributed by atoms with E-state index in [0.29, 0.717) is 33.1 Å². The van der Waals surface area contributed by atoms with Crippen molar-refractivity contribution in [3.8, 4) is 17.4 Å². The summed E-state index contributed by atoms with van der Waals surface area (Å²) in [4.78, 5) is 8.99. The molecule has 34 heavy (non-hydrogen) atoms. The van der Waals surface area contributed by atoms with E-state index in [4.69, 9.17) is 25.8 Å². The zero-order chi connectivity index (χ0) is 24.3. The molecule has 0 aliphatic rings. The van der Waals surface area contributed by atoms with Gasteiger partial charge in [-0.05, 0) is 54.4 Å². The number of methoxy groups -OCH3 is 2. The Balaban J connectivity index is 1.70. The summed E-state index contributed by atoms with van der Waals surface area (Å²) in [5.74, 6) is 1.14. The van der Waals surface area contributed by atoms with Gasteiger partial charge in [-0.2, -0.15) is 0 Å². The van der Waals surface area contributed by atoms with Gasteiger partial charge in [0, 0.05) is 5.02 Å². The average Bonchev–Trinajstić information content (AvgIpc) is 2.83. The number of nitrogens with one attached hydrogen (secondary N) is 1. The Morgan fingerprint density at radius 2 is 1.62 bits per heavy atom. The SMILES string of the molecule is COc1ccc(COc2nc3ccccc3nc2NS(=O)(=O)c2cccc(Cl)c2C)cc1OC. The molecule has 0 aliphatic carbocycles. The Morgan fingerprint density at radius 3 is 2.32 bits per heavy atom. The third-order valence-electron chi connectivity index (χ3n) is 5.10. The molecule has 0 unspecified atom stereocenters. The predicted octanol–water partition coefficient (Wildman–Crippen LogP) is 4.99. The molecule has 0 spiro atoms. The highest BCUT2D eigenvalue weighted by Crippen LogP contribution is 2.31. The summed E-state index contributed by atoms with van der Waals surface area (Å²) in [6.45, 7) is 1.73. The van der Waals surface area contributed by atoms with Gasteiger partial charge in [-0.15, -0.1) is 0 Å². The van der Waals surface area contributed by atoms with Crippen molar-refractivity contribution in [3.63, 3.8) is 0 Å². The van der Waals surface area contributed by atoms with Gasteiger partial charge in [-0.1, -0.05) is 35.9 Å². The van der Waals surface area contributed by atoms with Crippen molar-refractivity contribution in [3.05, 3.63) is 76.8 Å². The molecule has 1 aromatic heterocycles. The Hall–Kier alpha value is -3.56. The third kappa shape index (κ3) is 4.85. The second kappa shape index (κ2) is 9.74. The third-order valence-corrected chi connectivity index (χ3v) is 6.99. The maximum Gasteiger partial charge on any atom is 0.263 e. The van der Waals surface area contributed by atoms with Crippen LogP contribution >= 0.6 is 11.6 Å². The number of rotatable bonds is 8. The van der Waals surface area contributed by atoms with Gasteiger partial charge in [0.15, 0.2) is 11.5 Å². The molecule has 3 aromatic carbocycles. The minimum Gasteiger partial charge on any atom is -0.493 e. The Labute approximate surface area is 202 Å². The maximum atomic E-state index is 13.2. The van der Waals surface area contributed by atoms with Crippen LogP contribution in [0.1, 0.15) is 11.1 Å². The monoisotopic (exact) mass is 499 g/mol. The Kier molecular flexibility index (Phi) is 6.76. The minimum atomic E-state index is -4.01. The highest BCUT2D eigenvalue weighted by atomic mass is 35.5. The van der Waals surface area contributed by atoms with Crippen LogP contribution in [0.5, 0.6) is 17.4 Å². The van der Waals surface area contributed by atoms with Crippen molar-refractivity contribution in [2.75, 3.05) is 18.9 Å². The van der Waals surface area contributed by atoms with Crippen LogP contribution in [0.2, 0.25) is 5.02 Å². The van der Waals surface area contributed by atoms with E-state index in [1.165, 1.54) is 6.07 Å². The first-order valence-electron chi connectivity index (χ1n) is 10.2. The zero-order valence-corrected chi connectivity index (χ0v) is 20.3. The number of hydrogen-bond acceptors (Lipinski definition) is 7. The van der Waals surface area contributed by atoms with Crippen LogP contribution in [0.3, 0.4) is 0 Å². The van der Waals surface area contributed by atoms with Gasteiger partial charge in [0.2, 0.25) is 5.82 Å². The van der Waals surface area contributed by atoms with Crippen molar-refractivity contribution in [2.45, 2.75) is 18.4 Å². The quantitative estimate of drug-likeness (QED) is 0.364. The normalized spacial score (nSPS) is 11.3. The summed E-state index contributed by atoms with van der Waals surface area (Å²) < 4.78 is 45.4. The summed E-state index contributed by atoms with van der Waals surface area (Å²) in [5, 5.41) is 0.345. The van der Waals surface area contributed by atoms with Crippen LogP contribution in [0.15, 0.2) is 65.6 Å². The van der Waals surface area contributed by atoms with Gasteiger partial charge in [-0.25, -0.2) is 18.4 Å². The van der Waals surface area contributed by atoms with Crippen molar-refractivity contribution < 1.29 is 22.6 Å². The van der Waals surface area contributed by atoms with Crippen LogP contribution < -0.4 is 18.9 Å². The van der Waals surface area contributed by atoms with Crippen molar-refractivity contribution >= 4 is 38.5 Å². The minimum absolute atomic E-state index is 0.0291. The first kappa shape index (κ1) is 23.6. The highest BCUT2D eigenvalue weighted by Gasteiger charge is 2.22. The largest absolute Gasteiger partial charge is 0.493 e. The number of sulfonamides is 1. The van der Waals surface area contributed by atoms with Crippen LogP contribution in [-0.4, -0.2) is 32.6 Å². The molecule has 176 valence electrons. The molecule has 0 fully saturated rings. The summed E-state index contributed by atoms with van der Waals surface area (Å²) in [7, 11) is -0.916. The fraction of sp³-hybridized carbons (Fsp3) is 0.167. The number of ether oxygens (including phenoxy) is 3. The highest BCUT2D eigenvalue weighted by molar-refractivity contribution is 7.92. The van der Waals surface area contributed by atoms with Gasteiger partial charge < -0.3 is 14.2 Å². The first-order chi connectivity index (χ1) is 16.3. The lowest BCUT2D eigenvalue weighted by Gasteiger charge is -2.15. The van der Waals surface area contributed by atoms with Crippen LogP contribution in [0, 0.1) is 6.92 Å². The molecular formula is C24H22ClN3O5S. The second-order valence-electron chi connectivity index (χ2n) is 7.31. The first-order valence-corrected chi connectivity index (χ1v) is 12.1. The van der Waals surface area contributed by atoms with Crippen molar-refractivity contribution in [2.24, 2.45) is 0 Å². The molecule has 8 nitrogen and oxygen atoms in total.